The van der Waals surface area contributed by atoms with E-state index in [1.54, 1.807) is 0 Å². The smallest absolute Gasteiger partial charge is 0.200 e. The molecule has 1 aliphatic carbocycles. The van der Waals surface area contributed by atoms with Crippen LogP contribution in [0.5, 0.6) is 0 Å². The van der Waals surface area contributed by atoms with Crippen LogP contribution in [0.15, 0.2) is 60.7 Å². The topological polar surface area (TPSA) is 31.0 Å². The maximum Gasteiger partial charge on any atom is 0.200 e. The van der Waals surface area contributed by atoms with E-state index in [0.717, 1.165) is 12.8 Å². The van der Waals surface area contributed by atoms with Crippen molar-refractivity contribution in [3.63, 3.8) is 0 Å². The van der Waals surface area contributed by atoms with Gasteiger partial charge in [-0.2, -0.15) is 0 Å². The average molecular weight is 310 g/mol. The Hall–Kier alpha value is -1.68. The van der Waals surface area contributed by atoms with Gasteiger partial charge in [-0.15, -0.1) is 0 Å². The van der Waals surface area contributed by atoms with Gasteiger partial charge in [-0.25, -0.2) is 0 Å². The molecule has 2 aromatic rings. The zero-order chi connectivity index (χ0) is 15.5. The highest BCUT2D eigenvalue weighted by Gasteiger charge is 2.66. The molecule has 4 rings (SSSR count). The molecule has 120 valence electrons. The first-order valence-electron chi connectivity index (χ1n) is 8.34. The van der Waals surface area contributed by atoms with Gasteiger partial charge in [0.1, 0.15) is 6.10 Å². The molecule has 0 spiro atoms. The minimum absolute atomic E-state index is 0.261. The molecular weight excluding hydrogens is 288 g/mol. The molecule has 0 amide bonds. The Labute approximate surface area is 137 Å². The van der Waals surface area contributed by atoms with E-state index in [1.807, 2.05) is 36.4 Å². The first-order valence-corrected chi connectivity index (χ1v) is 8.34. The zero-order valence-corrected chi connectivity index (χ0v) is 13.2. The second kappa shape index (κ2) is 6.44. The Kier molecular flexibility index (Phi) is 4.17. The van der Waals surface area contributed by atoms with Crippen molar-refractivity contribution in [2.75, 3.05) is 6.61 Å². The Morgan fingerprint density at radius 3 is 2.17 bits per heavy atom. The van der Waals surface area contributed by atoms with Crippen molar-refractivity contribution >= 4 is 0 Å². The largest absolute Gasteiger partial charge is 0.376 e. The second-order valence-electron chi connectivity index (χ2n) is 6.38. The standard InChI is InChI=1S/C20H22O3/c1-3-7-16(8-4-1)13-21-15-18-11-12-19-20(18,23-19)22-14-17-9-5-2-6-10-17/h1-10,18-19H,11-15H2. The highest BCUT2D eigenvalue weighted by molar-refractivity contribution is 5.15. The number of epoxide rings is 1. The van der Waals surface area contributed by atoms with Crippen LogP contribution in [0.25, 0.3) is 0 Å². The monoisotopic (exact) mass is 310 g/mol. The molecule has 23 heavy (non-hydrogen) atoms. The van der Waals surface area contributed by atoms with Crippen LogP contribution in [0.3, 0.4) is 0 Å². The van der Waals surface area contributed by atoms with Gasteiger partial charge in [0.25, 0.3) is 0 Å². The molecule has 3 heteroatoms. The van der Waals surface area contributed by atoms with E-state index in [0.29, 0.717) is 25.7 Å². The molecule has 0 radical (unpaired) electrons. The van der Waals surface area contributed by atoms with Crippen LogP contribution in [0, 0.1) is 5.92 Å². The molecule has 2 fully saturated rings. The van der Waals surface area contributed by atoms with Crippen molar-refractivity contribution in [1.29, 1.82) is 0 Å². The minimum atomic E-state index is -0.396. The molecule has 0 N–H and O–H groups in total. The quantitative estimate of drug-likeness (QED) is 0.726. The van der Waals surface area contributed by atoms with Gasteiger partial charge in [0, 0.05) is 5.92 Å². The van der Waals surface area contributed by atoms with Crippen molar-refractivity contribution in [2.45, 2.75) is 37.9 Å². The molecule has 2 aromatic carbocycles. The lowest BCUT2D eigenvalue weighted by molar-refractivity contribution is -0.111. The van der Waals surface area contributed by atoms with E-state index < -0.39 is 5.79 Å². The van der Waals surface area contributed by atoms with Gasteiger partial charge in [-0.05, 0) is 24.0 Å². The number of rotatable bonds is 7. The van der Waals surface area contributed by atoms with Crippen LogP contribution in [0.2, 0.25) is 0 Å². The van der Waals surface area contributed by atoms with E-state index in [4.69, 9.17) is 14.2 Å². The first-order chi connectivity index (χ1) is 11.4. The Morgan fingerprint density at radius 1 is 0.870 bits per heavy atom. The van der Waals surface area contributed by atoms with Crippen LogP contribution in [-0.2, 0) is 27.4 Å². The lowest BCUT2D eigenvalue weighted by atomic mass is 10.1. The van der Waals surface area contributed by atoms with Gasteiger partial charge in [0.15, 0.2) is 0 Å². The number of hydrogen-bond donors (Lipinski definition) is 0. The van der Waals surface area contributed by atoms with Crippen LogP contribution in [0.4, 0.5) is 0 Å². The summed E-state index contributed by atoms with van der Waals surface area (Å²) >= 11 is 0. The molecule has 3 unspecified atom stereocenters. The predicted molar refractivity (Wildman–Crippen MR) is 87.7 cm³/mol. The van der Waals surface area contributed by atoms with E-state index in [9.17, 15) is 0 Å². The molecule has 3 nitrogen and oxygen atoms in total. The van der Waals surface area contributed by atoms with E-state index in [2.05, 4.69) is 24.3 Å². The van der Waals surface area contributed by atoms with Gasteiger partial charge in [0.05, 0.1) is 19.8 Å². The summed E-state index contributed by atoms with van der Waals surface area (Å²) < 4.78 is 18.0. The third-order valence-electron chi connectivity index (χ3n) is 4.80. The van der Waals surface area contributed by atoms with E-state index in [1.165, 1.54) is 11.1 Å². The number of benzene rings is 2. The fourth-order valence-corrected chi connectivity index (χ4v) is 3.47. The molecule has 3 atom stereocenters. The van der Waals surface area contributed by atoms with Crippen LogP contribution in [0.1, 0.15) is 24.0 Å². The molecule has 0 bridgehead atoms. The summed E-state index contributed by atoms with van der Waals surface area (Å²) in [5.74, 6) is -0.0630. The third-order valence-corrected chi connectivity index (χ3v) is 4.80. The van der Waals surface area contributed by atoms with Crippen LogP contribution in [-0.4, -0.2) is 18.5 Å². The summed E-state index contributed by atoms with van der Waals surface area (Å²) in [6.45, 7) is 1.95. The second-order valence-corrected chi connectivity index (χ2v) is 6.38. The van der Waals surface area contributed by atoms with Gasteiger partial charge in [-0.3, -0.25) is 0 Å². The highest BCUT2D eigenvalue weighted by atomic mass is 16.8. The van der Waals surface area contributed by atoms with Gasteiger partial charge in [0.2, 0.25) is 5.79 Å². The molecule has 0 aromatic heterocycles. The summed E-state index contributed by atoms with van der Waals surface area (Å²) in [5.41, 5.74) is 2.39. The highest BCUT2D eigenvalue weighted by Crippen LogP contribution is 2.55. The molecule has 1 heterocycles. The number of ether oxygens (including phenoxy) is 3. The number of hydrogen-bond acceptors (Lipinski definition) is 3. The first kappa shape index (κ1) is 14.9. The fraction of sp³-hybridized carbons (Fsp3) is 0.400. The minimum Gasteiger partial charge on any atom is -0.376 e. The number of fused-ring (bicyclic) bond motifs is 1. The Bertz CT molecular complexity index is 628. The van der Waals surface area contributed by atoms with Crippen LogP contribution >= 0.6 is 0 Å². The molecule has 1 saturated heterocycles. The lowest BCUT2D eigenvalue weighted by Gasteiger charge is -2.21. The zero-order valence-electron chi connectivity index (χ0n) is 13.2. The molecule has 2 aliphatic rings. The Morgan fingerprint density at radius 2 is 1.52 bits per heavy atom. The average Bonchev–Trinajstić information content (AvgIpc) is 3.23. The summed E-state index contributed by atoms with van der Waals surface area (Å²) in [6, 6.07) is 20.6. The summed E-state index contributed by atoms with van der Waals surface area (Å²) in [5, 5.41) is 0. The Balaban J connectivity index is 1.30. The van der Waals surface area contributed by atoms with Gasteiger partial charge < -0.3 is 14.2 Å². The normalized spacial score (nSPS) is 28.5. The SMILES string of the molecule is c1ccc(COCC2CCC3OC23OCc2ccccc2)cc1. The van der Waals surface area contributed by atoms with Crippen molar-refractivity contribution in [3.05, 3.63) is 71.8 Å². The predicted octanol–water partition coefficient (Wildman–Crippen LogP) is 3.93. The van der Waals surface area contributed by atoms with E-state index >= 15 is 0 Å². The molecule has 1 saturated carbocycles. The van der Waals surface area contributed by atoms with Crippen molar-refractivity contribution < 1.29 is 14.2 Å². The summed E-state index contributed by atoms with van der Waals surface area (Å²) in [6.07, 6.45) is 2.46. The lowest BCUT2D eigenvalue weighted by Crippen LogP contribution is -2.29. The van der Waals surface area contributed by atoms with Crippen LogP contribution < -0.4 is 0 Å². The third kappa shape index (κ3) is 3.18. The fourth-order valence-electron chi connectivity index (χ4n) is 3.47. The maximum atomic E-state index is 6.16. The molecule has 1 aliphatic heterocycles. The van der Waals surface area contributed by atoms with E-state index in [-0.39, 0.29) is 6.10 Å². The van der Waals surface area contributed by atoms with Gasteiger partial charge >= 0.3 is 0 Å². The van der Waals surface area contributed by atoms with Crippen molar-refractivity contribution in [3.8, 4) is 0 Å². The van der Waals surface area contributed by atoms with Crippen molar-refractivity contribution in [1.82, 2.24) is 0 Å². The maximum absolute atomic E-state index is 6.16. The summed E-state index contributed by atoms with van der Waals surface area (Å²) in [4.78, 5) is 0. The van der Waals surface area contributed by atoms with Crippen molar-refractivity contribution in [2.24, 2.45) is 5.92 Å². The van der Waals surface area contributed by atoms with Gasteiger partial charge in [-0.1, -0.05) is 60.7 Å². The summed E-state index contributed by atoms with van der Waals surface area (Å²) in [7, 11) is 0. The molecular formula is C20H22O3.